The second-order valence-corrected chi connectivity index (χ2v) is 8.41. The third-order valence-electron chi connectivity index (χ3n) is 6.23. The predicted octanol–water partition coefficient (Wildman–Crippen LogP) is 2.45. The minimum Gasteiger partial charge on any atom is -0.496 e. The third-order valence-corrected chi connectivity index (χ3v) is 6.23. The normalized spacial score (nSPS) is 17.5. The van der Waals surface area contributed by atoms with Crippen LogP contribution in [0.1, 0.15) is 23.1 Å². The summed E-state index contributed by atoms with van der Waals surface area (Å²) >= 11 is 0. The molecule has 7 heteroatoms. The Hall–Kier alpha value is -2.74. The van der Waals surface area contributed by atoms with Gasteiger partial charge >= 0.3 is 0 Å². The summed E-state index contributed by atoms with van der Waals surface area (Å²) in [7, 11) is 1.70. The van der Waals surface area contributed by atoms with Crippen LogP contribution in [0, 0.1) is 0 Å². The third kappa shape index (κ3) is 5.94. The number of ether oxygens (including phenoxy) is 1. The molecule has 7 nitrogen and oxygen atoms in total. The highest BCUT2D eigenvalue weighted by Gasteiger charge is 2.26. The van der Waals surface area contributed by atoms with E-state index < -0.39 is 0 Å². The largest absolute Gasteiger partial charge is 0.496 e. The molecule has 1 N–H and O–H groups in total. The zero-order valence-electron chi connectivity index (χ0n) is 18.8. The summed E-state index contributed by atoms with van der Waals surface area (Å²) in [6.45, 7) is 5.82. The molecule has 1 aliphatic rings. The molecule has 1 aliphatic heterocycles. The maximum absolute atomic E-state index is 9.64. The van der Waals surface area contributed by atoms with Gasteiger partial charge in [-0.15, -0.1) is 0 Å². The number of nitrogens with zero attached hydrogens (tertiary/aromatic N) is 5. The summed E-state index contributed by atoms with van der Waals surface area (Å²) in [4.78, 5) is 9.08. The van der Waals surface area contributed by atoms with Gasteiger partial charge in [0.05, 0.1) is 13.7 Å². The van der Waals surface area contributed by atoms with Crippen LogP contribution in [-0.4, -0.2) is 75.6 Å². The predicted molar refractivity (Wildman–Crippen MR) is 125 cm³/mol. The number of aromatic nitrogens is 3. The summed E-state index contributed by atoms with van der Waals surface area (Å²) in [6.07, 6.45) is 5.13. The number of aliphatic hydroxyl groups is 1. The summed E-state index contributed by atoms with van der Waals surface area (Å²) < 4.78 is 7.37. The van der Waals surface area contributed by atoms with Gasteiger partial charge < -0.3 is 9.84 Å². The average Bonchev–Trinajstić information content (AvgIpc) is 3.33. The fourth-order valence-corrected chi connectivity index (χ4v) is 4.54. The maximum Gasteiger partial charge on any atom is 0.137 e. The molecule has 2 aromatic carbocycles. The fraction of sp³-hybridized carbons (Fsp3) is 0.440. The monoisotopic (exact) mass is 435 g/mol. The van der Waals surface area contributed by atoms with E-state index in [9.17, 15) is 5.11 Å². The van der Waals surface area contributed by atoms with Gasteiger partial charge in [0.2, 0.25) is 0 Å². The molecular weight excluding hydrogens is 402 g/mol. The Kier molecular flexibility index (Phi) is 7.87. The maximum atomic E-state index is 9.64. The van der Waals surface area contributed by atoms with Gasteiger partial charge in [-0.25, -0.2) is 9.67 Å². The standard InChI is InChI=1S/C25H33N5O2/c1-32-25-8-7-22(15-23(25)17-30-20-26-19-27-30)16-28-12-13-29(24(18-28)10-14-31)11-9-21-5-3-2-4-6-21/h2-8,15,19-20,24,31H,9-14,16-18H2,1H3/t24-/m1/s1. The van der Waals surface area contributed by atoms with Crippen molar-refractivity contribution in [2.75, 3.05) is 39.9 Å². The molecule has 0 bridgehead atoms. The van der Waals surface area contributed by atoms with Crippen LogP contribution in [0.5, 0.6) is 5.75 Å². The number of hydrogen-bond donors (Lipinski definition) is 1. The van der Waals surface area contributed by atoms with E-state index in [1.54, 1.807) is 19.8 Å². The molecule has 0 aliphatic carbocycles. The molecule has 3 aromatic rings. The SMILES string of the molecule is COc1ccc(CN2CCN(CCc3ccccc3)[C@H](CCO)C2)cc1Cn1cncn1. The highest BCUT2D eigenvalue weighted by molar-refractivity contribution is 5.37. The first kappa shape index (κ1) is 22.5. The molecule has 170 valence electrons. The molecule has 2 heterocycles. The molecule has 0 amide bonds. The first-order valence-electron chi connectivity index (χ1n) is 11.3. The van der Waals surface area contributed by atoms with Gasteiger partial charge in [0.25, 0.3) is 0 Å². The lowest BCUT2D eigenvalue weighted by molar-refractivity contribution is 0.0562. The minimum absolute atomic E-state index is 0.227. The number of piperazine rings is 1. The second-order valence-electron chi connectivity index (χ2n) is 8.41. The summed E-state index contributed by atoms with van der Waals surface area (Å²) in [6, 6.07) is 17.4. The Bertz CT molecular complexity index is 948. The molecule has 1 atom stereocenters. The number of rotatable bonds is 10. The Morgan fingerprint density at radius 3 is 2.69 bits per heavy atom. The molecule has 4 rings (SSSR count). The lowest BCUT2D eigenvalue weighted by atomic mass is 10.0. The smallest absolute Gasteiger partial charge is 0.137 e. The van der Waals surface area contributed by atoms with E-state index in [1.165, 1.54) is 11.1 Å². The zero-order valence-corrected chi connectivity index (χ0v) is 18.8. The molecule has 32 heavy (non-hydrogen) atoms. The Morgan fingerprint density at radius 1 is 1.06 bits per heavy atom. The second kappa shape index (κ2) is 11.2. The van der Waals surface area contributed by atoms with Crippen molar-refractivity contribution in [3.63, 3.8) is 0 Å². The Morgan fingerprint density at radius 2 is 1.94 bits per heavy atom. The fourth-order valence-electron chi connectivity index (χ4n) is 4.54. The average molecular weight is 436 g/mol. The van der Waals surface area contributed by atoms with E-state index in [4.69, 9.17) is 4.74 Å². The van der Waals surface area contributed by atoms with Crippen LogP contribution < -0.4 is 4.74 Å². The van der Waals surface area contributed by atoms with Crippen molar-refractivity contribution < 1.29 is 9.84 Å². The van der Waals surface area contributed by atoms with Crippen LogP contribution in [-0.2, 0) is 19.5 Å². The van der Waals surface area contributed by atoms with Crippen molar-refractivity contribution in [1.29, 1.82) is 0 Å². The van der Waals surface area contributed by atoms with Crippen molar-refractivity contribution in [2.24, 2.45) is 0 Å². The van der Waals surface area contributed by atoms with Crippen LogP contribution in [0.2, 0.25) is 0 Å². The van der Waals surface area contributed by atoms with Crippen molar-refractivity contribution in [2.45, 2.75) is 32.0 Å². The van der Waals surface area contributed by atoms with Crippen LogP contribution in [0.3, 0.4) is 0 Å². The highest BCUT2D eigenvalue weighted by Crippen LogP contribution is 2.23. The van der Waals surface area contributed by atoms with E-state index in [1.807, 2.05) is 10.7 Å². The van der Waals surface area contributed by atoms with Gasteiger partial charge in [-0.2, -0.15) is 5.10 Å². The Labute approximate surface area is 190 Å². The summed E-state index contributed by atoms with van der Waals surface area (Å²) in [5.74, 6) is 0.869. The minimum atomic E-state index is 0.227. The van der Waals surface area contributed by atoms with Crippen LogP contribution in [0.4, 0.5) is 0 Å². The van der Waals surface area contributed by atoms with E-state index in [2.05, 4.69) is 62.3 Å². The number of benzene rings is 2. The topological polar surface area (TPSA) is 66.7 Å². The van der Waals surface area contributed by atoms with Gasteiger partial charge in [0.1, 0.15) is 18.4 Å². The molecule has 0 saturated carbocycles. The van der Waals surface area contributed by atoms with E-state index >= 15 is 0 Å². The molecule has 1 aromatic heterocycles. The molecule has 1 saturated heterocycles. The van der Waals surface area contributed by atoms with E-state index in [0.717, 1.165) is 56.9 Å². The number of methoxy groups -OCH3 is 1. The van der Waals surface area contributed by atoms with Crippen LogP contribution >= 0.6 is 0 Å². The quantitative estimate of drug-likeness (QED) is 0.528. The van der Waals surface area contributed by atoms with Gasteiger partial charge in [-0.05, 0) is 36.1 Å². The lowest BCUT2D eigenvalue weighted by Gasteiger charge is -2.41. The Balaban J connectivity index is 1.38. The first-order valence-corrected chi connectivity index (χ1v) is 11.3. The highest BCUT2D eigenvalue weighted by atomic mass is 16.5. The summed E-state index contributed by atoms with van der Waals surface area (Å²) in [5, 5.41) is 13.9. The van der Waals surface area contributed by atoms with Gasteiger partial charge in [-0.3, -0.25) is 9.80 Å². The summed E-state index contributed by atoms with van der Waals surface area (Å²) in [5.41, 5.74) is 3.74. The van der Waals surface area contributed by atoms with Gasteiger partial charge in [0.15, 0.2) is 0 Å². The van der Waals surface area contributed by atoms with Crippen LogP contribution in [0.25, 0.3) is 0 Å². The van der Waals surface area contributed by atoms with Crippen molar-refractivity contribution >= 4 is 0 Å². The van der Waals surface area contributed by atoms with E-state index in [0.29, 0.717) is 12.6 Å². The molecule has 0 unspecified atom stereocenters. The first-order chi connectivity index (χ1) is 15.7. The van der Waals surface area contributed by atoms with Crippen molar-refractivity contribution in [1.82, 2.24) is 24.6 Å². The van der Waals surface area contributed by atoms with Gasteiger partial charge in [-0.1, -0.05) is 36.4 Å². The van der Waals surface area contributed by atoms with E-state index in [-0.39, 0.29) is 6.61 Å². The van der Waals surface area contributed by atoms with Crippen molar-refractivity contribution in [3.8, 4) is 5.75 Å². The molecule has 1 fully saturated rings. The van der Waals surface area contributed by atoms with Crippen LogP contribution in [0.15, 0.2) is 61.2 Å². The lowest BCUT2D eigenvalue weighted by Crippen LogP contribution is -2.53. The zero-order chi connectivity index (χ0) is 22.2. The number of hydrogen-bond acceptors (Lipinski definition) is 6. The number of aliphatic hydroxyl groups excluding tert-OH is 1. The van der Waals surface area contributed by atoms with Crippen molar-refractivity contribution in [3.05, 3.63) is 77.9 Å². The molecule has 0 radical (unpaired) electrons. The van der Waals surface area contributed by atoms with Gasteiger partial charge in [0, 0.05) is 50.9 Å². The molecule has 0 spiro atoms. The molecular formula is C25H33N5O2.